The van der Waals surface area contributed by atoms with Gasteiger partial charge in [-0.1, -0.05) is 95.5 Å². The molecule has 8 N–H and O–H groups in total. The van der Waals surface area contributed by atoms with Crippen LogP contribution in [0.2, 0.25) is 15.1 Å². The van der Waals surface area contributed by atoms with E-state index in [1.807, 2.05) is 124 Å². The van der Waals surface area contributed by atoms with Crippen molar-refractivity contribution in [3.8, 4) is 0 Å². The molecular formula is C86H85Cl3N22O4S. The maximum Gasteiger partial charge on any atom is 0.321 e. The van der Waals surface area contributed by atoms with Crippen LogP contribution < -0.4 is 27.8 Å². The Morgan fingerprint density at radius 1 is 0.448 bits per heavy atom. The number of halogens is 3. The number of piperazine rings is 3. The Kier molecular flexibility index (Phi) is 23.7. The van der Waals surface area contributed by atoms with Crippen molar-refractivity contribution < 1.29 is 18.0 Å². The molecule has 3 aliphatic heterocycles. The molecule has 6 atom stereocenters. The molecule has 116 heavy (non-hydrogen) atoms. The van der Waals surface area contributed by atoms with E-state index < -0.39 is 28.1 Å². The molecule has 6 aromatic heterocycles. The third-order valence-corrected chi connectivity index (χ3v) is 24.3. The number of carbonyl (C=O) groups is 2. The predicted octanol–water partition coefficient (Wildman–Crippen LogP) is 13.7. The second-order valence-electron chi connectivity index (χ2n) is 29.3. The van der Waals surface area contributed by atoms with E-state index in [1.54, 1.807) is 92.3 Å². The number of carbonyl (C=O) groups excluding carboxylic acids is 2. The minimum Gasteiger partial charge on any atom is -0.336 e. The smallest absolute Gasteiger partial charge is 0.321 e. The summed E-state index contributed by atoms with van der Waals surface area (Å²) in [6, 6.07) is 41.6. The van der Waals surface area contributed by atoms with E-state index in [1.165, 1.54) is 10.6 Å². The molecule has 11 aromatic rings. The largest absolute Gasteiger partial charge is 0.336 e. The Balaban J connectivity index is 0.000000137. The molecule has 3 unspecified atom stereocenters. The third-order valence-electron chi connectivity index (χ3n) is 22.2. The Bertz CT molecular complexity index is 5560. The molecule has 0 spiro atoms. The summed E-state index contributed by atoms with van der Waals surface area (Å²) < 4.78 is 31.5. The van der Waals surface area contributed by atoms with Crippen molar-refractivity contribution in [3.63, 3.8) is 0 Å². The molecule has 3 aliphatic carbocycles. The Labute approximate surface area is 688 Å². The third kappa shape index (κ3) is 16.8. The Morgan fingerprint density at radius 3 is 1.03 bits per heavy atom. The van der Waals surface area contributed by atoms with Crippen LogP contribution in [0.5, 0.6) is 0 Å². The van der Waals surface area contributed by atoms with Crippen LogP contribution in [0.4, 0.5) is 32.3 Å². The summed E-state index contributed by atoms with van der Waals surface area (Å²) in [4.78, 5) is 70.9. The monoisotopic (exact) mass is 1630 g/mol. The highest BCUT2D eigenvalue weighted by molar-refractivity contribution is 7.88. The van der Waals surface area contributed by atoms with Crippen LogP contribution in [0, 0.1) is 13.1 Å². The van der Waals surface area contributed by atoms with Gasteiger partial charge >= 0.3 is 12.1 Å². The van der Waals surface area contributed by atoms with E-state index in [0.717, 1.165) is 101 Å². The number of hydrogen-bond acceptors (Lipinski definition) is 16. The summed E-state index contributed by atoms with van der Waals surface area (Å²) in [6.07, 6.45) is 23.7. The lowest BCUT2D eigenvalue weighted by atomic mass is 9.90. The fraction of sp³-hybridized carbons (Fsp3) is 0.256. The number of fused-ring (bicyclic) bond motifs is 6. The average Bonchev–Trinajstić information content (AvgIpc) is 1.60. The van der Waals surface area contributed by atoms with E-state index in [0.29, 0.717) is 116 Å². The van der Waals surface area contributed by atoms with Crippen molar-refractivity contribution in [2.75, 3.05) is 95.4 Å². The standard InChI is InChI=1S/2C31H29ClN8O.C24H27ClN6O2S/c2*1-34-22-6-8-23(9-7-22)37-31(41)40-14-12-39(13-15-40)30-24-10-5-21(32)17-25(24)26(16-20-4-3-11-36-29(20)30)28(33)27-18-35-19-38(27)2;1-29-15-27-14-21(29)22(26)20-12-16-4-3-7-28-23(16)24(18-6-5-17(25)13-19(18)20)30-8-10-31(11-9-30)34(2,32)33/h2*3-11,16-19,28,30H,12-15,33H2,2H3,(H,37,41);3-7,12-15,22,24H,8-11,26H2,1-2H3/t2*28?,30-;22?,24-/m000/s1. The molecule has 0 saturated carbocycles. The van der Waals surface area contributed by atoms with Gasteiger partial charge in [0, 0.05) is 145 Å². The van der Waals surface area contributed by atoms with Gasteiger partial charge in [-0.15, -0.1) is 0 Å². The van der Waals surface area contributed by atoms with Crippen LogP contribution in [-0.2, 0) is 31.2 Å². The van der Waals surface area contributed by atoms with Gasteiger partial charge < -0.3 is 51.3 Å². The maximum absolute atomic E-state index is 13.0. The van der Waals surface area contributed by atoms with Crippen molar-refractivity contribution >= 4 is 115 Å². The van der Waals surface area contributed by atoms with Gasteiger partial charge in [-0.05, 0) is 164 Å². The minimum atomic E-state index is -3.22. The quantitative estimate of drug-likeness (QED) is 0.0710. The summed E-state index contributed by atoms with van der Waals surface area (Å²) in [5.41, 5.74) is 40.5. The molecule has 3 saturated heterocycles. The number of sulfonamides is 1. The first-order valence-corrected chi connectivity index (χ1v) is 40.9. The van der Waals surface area contributed by atoms with Crippen LogP contribution in [0.1, 0.15) is 120 Å². The summed E-state index contributed by atoms with van der Waals surface area (Å²) in [5, 5.41) is 7.80. The lowest BCUT2D eigenvalue weighted by Gasteiger charge is -2.39. The molecule has 4 amide bonds. The fourth-order valence-electron chi connectivity index (χ4n) is 16.2. The number of aryl methyl sites for hydroxylation is 3. The molecule has 3 fully saturated rings. The summed E-state index contributed by atoms with van der Waals surface area (Å²) in [5.74, 6) is 0. The number of anilines is 2. The second-order valence-corrected chi connectivity index (χ2v) is 32.6. The number of nitrogens with zero attached hydrogens (tertiary/aromatic N) is 17. The minimum absolute atomic E-state index is 0.141. The summed E-state index contributed by atoms with van der Waals surface area (Å²) in [6.45, 7) is 21.2. The van der Waals surface area contributed by atoms with Gasteiger partial charge in [0.1, 0.15) is 0 Å². The summed E-state index contributed by atoms with van der Waals surface area (Å²) >= 11 is 19.6. The van der Waals surface area contributed by atoms with Gasteiger partial charge in [-0.25, -0.2) is 42.6 Å². The molecule has 0 bridgehead atoms. The first kappa shape index (κ1) is 79.7. The zero-order valence-corrected chi connectivity index (χ0v) is 67.3. The Hall–Kier alpha value is -11.5. The molecule has 590 valence electrons. The lowest BCUT2D eigenvalue weighted by molar-refractivity contribution is 0.125. The van der Waals surface area contributed by atoms with Gasteiger partial charge in [-0.3, -0.25) is 29.7 Å². The van der Waals surface area contributed by atoms with Crippen molar-refractivity contribution in [2.24, 2.45) is 38.3 Å². The number of aromatic nitrogens is 9. The van der Waals surface area contributed by atoms with E-state index in [4.69, 9.17) is 80.1 Å². The van der Waals surface area contributed by atoms with Gasteiger partial charge in [-0.2, -0.15) is 4.31 Å². The summed E-state index contributed by atoms with van der Waals surface area (Å²) in [7, 11) is 2.58. The van der Waals surface area contributed by atoms with Crippen molar-refractivity contribution in [1.82, 2.24) is 72.4 Å². The number of amides is 4. The van der Waals surface area contributed by atoms with E-state index in [9.17, 15) is 18.0 Å². The highest BCUT2D eigenvalue weighted by atomic mass is 35.5. The van der Waals surface area contributed by atoms with Crippen LogP contribution >= 0.6 is 34.8 Å². The number of rotatable bonds is 12. The highest BCUT2D eigenvalue weighted by Gasteiger charge is 2.40. The van der Waals surface area contributed by atoms with Crippen LogP contribution in [0.15, 0.2) is 196 Å². The molecule has 6 aliphatic rings. The number of nitrogens with one attached hydrogen (secondary N) is 2. The number of benzene rings is 5. The molecule has 9 heterocycles. The normalized spacial score (nSPS) is 18.3. The van der Waals surface area contributed by atoms with E-state index in [2.05, 4.69) is 92.5 Å². The van der Waals surface area contributed by atoms with E-state index in [-0.39, 0.29) is 30.2 Å². The molecule has 5 aromatic carbocycles. The number of pyridine rings is 3. The van der Waals surface area contributed by atoms with Crippen LogP contribution in [-0.4, -0.2) is 178 Å². The number of imidazole rings is 3. The zero-order valence-electron chi connectivity index (χ0n) is 64.2. The van der Waals surface area contributed by atoms with Gasteiger partial charge in [0.05, 0.1) is 127 Å². The van der Waals surface area contributed by atoms with Crippen LogP contribution in [0.25, 0.3) is 44.6 Å². The molecule has 30 heteroatoms. The molecular weight excluding hydrogens is 1540 g/mol. The first-order chi connectivity index (χ1) is 56.1. The topological polar surface area (TPSA) is 291 Å². The van der Waals surface area contributed by atoms with E-state index >= 15 is 0 Å². The molecule has 26 nitrogen and oxygen atoms in total. The van der Waals surface area contributed by atoms with Gasteiger partial charge in [0.15, 0.2) is 11.4 Å². The van der Waals surface area contributed by atoms with Crippen molar-refractivity contribution in [1.29, 1.82) is 0 Å². The van der Waals surface area contributed by atoms with Gasteiger partial charge in [0.25, 0.3) is 0 Å². The lowest BCUT2D eigenvalue weighted by Crippen LogP contribution is -2.51. The zero-order chi connectivity index (χ0) is 81.1. The van der Waals surface area contributed by atoms with Crippen LogP contribution in [0.3, 0.4) is 0 Å². The number of nitrogens with two attached hydrogens (primary N) is 3. The Morgan fingerprint density at radius 2 is 0.750 bits per heavy atom. The highest BCUT2D eigenvalue weighted by Crippen LogP contribution is 2.48. The maximum atomic E-state index is 13.0. The first-order valence-electron chi connectivity index (χ1n) is 37.9. The molecule has 17 rings (SSSR count). The number of urea groups is 2. The predicted molar refractivity (Wildman–Crippen MR) is 454 cm³/mol. The molecule has 0 radical (unpaired) electrons. The SMILES string of the molecule is Cn1cncc1C(N)C1=Cc2cccnc2[C@@H](N2CCN(S(C)(=O)=O)CC2)c2ccc(Cl)cc21.[C-]#[N+]c1ccc(NC(=O)N2CCN([C@H]3c4ccc(Cl)cc4C(C(N)c4cncn4C)=Cc4cccnc43)CC2)cc1.[C-]#[N+]c1ccc(NC(=O)N2CCN([C@H]3c4ccc(Cl)cc4C(C(N)c4cncn4C)=Cc4cccnc43)CC2)cc1. The van der Waals surface area contributed by atoms with Gasteiger partial charge in [0.2, 0.25) is 10.0 Å². The van der Waals surface area contributed by atoms with Crippen molar-refractivity contribution in [2.45, 2.75) is 36.3 Å². The second kappa shape index (κ2) is 34.5. The fourth-order valence-corrected chi connectivity index (χ4v) is 17.6. The number of hydrogen-bond donors (Lipinski definition) is 5. The average molecular weight is 1630 g/mol. The van der Waals surface area contributed by atoms with Crippen molar-refractivity contribution in [3.05, 3.63) is 318 Å².